The summed E-state index contributed by atoms with van der Waals surface area (Å²) in [6.45, 7) is 0. The van der Waals surface area contributed by atoms with Gasteiger partial charge in [0.05, 0.1) is 10.5 Å². The van der Waals surface area contributed by atoms with Crippen molar-refractivity contribution in [2.24, 2.45) is 0 Å². The SMILES string of the molecule is N#C/C(=C\c1ccc(-c2ccccc2[N+](=O)[O-])o1)C(=O)Nc1ccc(Br)cc1. The molecule has 1 heterocycles. The monoisotopic (exact) mass is 437 g/mol. The van der Waals surface area contributed by atoms with Gasteiger partial charge >= 0.3 is 0 Å². The van der Waals surface area contributed by atoms with Crippen molar-refractivity contribution in [3.05, 3.63) is 86.6 Å². The third kappa shape index (κ3) is 4.34. The van der Waals surface area contributed by atoms with Gasteiger partial charge in [0.1, 0.15) is 23.2 Å². The van der Waals surface area contributed by atoms with E-state index in [1.54, 1.807) is 48.5 Å². The number of nitro benzene ring substituents is 1. The molecule has 0 radical (unpaired) electrons. The van der Waals surface area contributed by atoms with Crippen molar-refractivity contribution in [3.8, 4) is 17.4 Å². The third-order valence-electron chi connectivity index (χ3n) is 3.75. The molecule has 0 bridgehead atoms. The molecule has 0 aliphatic heterocycles. The minimum Gasteiger partial charge on any atom is -0.456 e. The lowest BCUT2D eigenvalue weighted by molar-refractivity contribution is -0.384. The van der Waals surface area contributed by atoms with Crippen LogP contribution in [-0.4, -0.2) is 10.8 Å². The largest absolute Gasteiger partial charge is 0.456 e. The van der Waals surface area contributed by atoms with Crippen molar-refractivity contribution in [2.75, 3.05) is 5.32 Å². The van der Waals surface area contributed by atoms with Crippen LogP contribution in [0.1, 0.15) is 5.76 Å². The molecule has 8 heteroatoms. The number of nitrogens with zero attached hydrogens (tertiary/aromatic N) is 2. The molecule has 7 nitrogen and oxygen atoms in total. The number of halogens is 1. The molecule has 3 aromatic rings. The zero-order valence-corrected chi connectivity index (χ0v) is 15.8. The van der Waals surface area contributed by atoms with Crippen molar-refractivity contribution in [1.29, 1.82) is 5.26 Å². The number of hydrogen-bond acceptors (Lipinski definition) is 5. The van der Waals surface area contributed by atoms with Gasteiger partial charge in [0, 0.05) is 22.3 Å². The van der Waals surface area contributed by atoms with Gasteiger partial charge in [0.2, 0.25) is 0 Å². The maximum atomic E-state index is 12.3. The molecule has 0 aliphatic carbocycles. The molecule has 1 N–H and O–H groups in total. The molecular formula is C20H12BrN3O4. The van der Waals surface area contributed by atoms with Gasteiger partial charge in [-0.25, -0.2) is 0 Å². The van der Waals surface area contributed by atoms with Crippen molar-refractivity contribution < 1.29 is 14.1 Å². The van der Waals surface area contributed by atoms with Crippen LogP contribution in [0.2, 0.25) is 0 Å². The maximum absolute atomic E-state index is 12.3. The molecule has 0 fully saturated rings. The normalized spacial score (nSPS) is 10.9. The number of nitriles is 1. The van der Waals surface area contributed by atoms with E-state index < -0.39 is 10.8 Å². The number of hydrogen-bond donors (Lipinski definition) is 1. The summed E-state index contributed by atoms with van der Waals surface area (Å²) >= 11 is 3.30. The van der Waals surface area contributed by atoms with E-state index >= 15 is 0 Å². The van der Waals surface area contributed by atoms with E-state index in [2.05, 4.69) is 21.2 Å². The number of anilines is 1. The fraction of sp³-hybridized carbons (Fsp3) is 0. The van der Waals surface area contributed by atoms with E-state index in [1.807, 2.05) is 6.07 Å². The molecule has 0 saturated carbocycles. The van der Waals surface area contributed by atoms with Gasteiger partial charge in [-0.3, -0.25) is 14.9 Å². The third-order valence-corrected chi connectivity index (χ3v) is 4.28. The fourth-order valence-electron chi connectivity index (χ4n) is 2.44. The number of nitrogens with one attached hydrogen (secondary N) is 1. The molecule has 3 rings (SSSR count). The van der Waals surface area contributed by atoms with Crippen molar-refractivity contribution >= 4 is 39.3 Å². The van der Waals surface area contributed by atoms with Gasteiger partial charge in [0.15, 0.2) is 0 Å². The molecule has 0 atom stereocenters. The van der Waals surface area contributed by atoms with Gasteiger partial charge in [-0.05, 0) is 42.5 Å². The second-order valence-corrected chi connectivity index (χ2v) is 6.52. The highest BCUT2D eigenvalue weighted by atomic mass is 79.9. The highest BCUT2D eigenvalue weighted by molar-refractivity contribution is 9.10. The lowest BCUT2D eigenvalue weighted by atomic mass is 10.1. The smallest absolute Gasteiger partial charge is 0.280 e. The summed E-state index contributed by atoms with van der Waals surface area (Å²) < 4.78 is 6.45. The number of amides is 1. The van der Waals surface area contributed by atoms with Gasteiger partial charge in [0.25, 0.3) is 11.6 Å². The van der Waals surface area contributed by atoms with Crippen LogP contribution in [0, 0.1) is 21.4 Å². The van der Waals surface area contributed by atoms with E-state index in [0.717, 1.165) is 4.47 Å². The standard InChI is InChI=1S/C20H12BrN3O4/c21-14-5-7-15(8-6-14)23-20(25)13(12-22)11-16-9-10-19(28-16)17-3-1-2-4-18(17)24(26)27/h1-11H,(H,23,25)/b13-11+. The number of para-hydroxylation sites is 1. The molecule has 1 amide bonds. The number of furan rings is 1. The molecule has 138 valence electrons. The molecular weight excluding hydrogens is 426 g/mol. The van der Waals surface area contributed by atoms with Crippen LogP contribution in [0.3, 0.4) is 0 Å². The Balaban J connectivity index is 1.85. The van der Waals surface area contributed by atoms with Crippen LogP contribution in [0.5, 0.6) is 0 Å². The van der Waals surface area contributed by atoms with Gasteiger partial charge in [-0.2, -0.15) is 5.26 Å². The Morgan fingerprint density at radius 3 is 2.54 bits per heavy atom. The first-order valence-corrected chi connectivity index (χ1v) is 8.79. The lowest BCUT2D eigenvalue weighted by Crippen LogP contribution is -2.13. The summed E-state index contributed by atoms with van der Waals surface area (Å²) in [6, 6.07) is 18.0. The number of carbonyl (C=O) groups excluding carboxylic acids is 1. The van der Waals surface area contributed by atoms with Crippen LogP contribution in [0.15, 0.2) is 75.1 Å². The first-order chi connectivity index (χ1) is 13.5. The molecule has 1 aromatic heterocycles. The highest BCUT2D eigenvalue weighted by Gasteiger charge is 2.17. The zero-order chi connectivity index (χ0) is 20.1. The predicted molar refractivity (Wildman–Crippen MR) is 107 cm³/mol. The van der Waals surface area contributed by atoms with E-state index in [1.165, 1.54) is 18.2 Å². The number of carbonyl (C=O) groups is 1. The quantitative estimate of drug-likeness (QED) is 0.256. The van der Waals surface area contributed by atoms with Crippen LogP contribution < -0.4 is 5.32 Å². The summed E-state index contributed by atoms with van der Waals surface area (Å²) in [5.74, 6) is -0.0896. The fourth-order valence-corrected chi connectivity index (χ4v) is 2.70. The topological polar surface area (TPSA) is 109 Å². The van der Waals surface area contributed by atoms with Crippen molar-refractivity contribution in [3.63, 3.8) is 0 Å². The first kappa shape index (κ1) is 19.1. The van der Waals surface area contributed by atoms with Crippen LogP contribution in [0.4, 0.5) is 11.4 Å². The lowest BCUT2D eigenvalue weighted by Gasteiger charge is -2.03. The minimum atomic E-state index is -0.589. The van der Waals surface area contributed by atoms with E-state index in [0.29, 0.717) is 11.3 Å². The maximum Gasteiger partial charge on any atom is 0.280 e. The Morgan fingerprint density at radius 2 is 1.86 bits per heavy atom. The molecule has 0 unspecified atom stereocenters. The second kappa shape index (κ2) is 8.33. The average Bonchev–Trinajstić information content (AvgIpc) is 3.16. The minimum absolute atomic E-state index is 0.0964. The number of rotatable bonds is 5. The summed E-state index contributed by atoms with van der Waals surface area (Å²) in [6.07, 6.45) is 1.28. The number of benzene rings is 2. The van der Waals surface area contributed by atoms with Gasteiger partial charge in [-0.1, -0.05) is 28.1 Å². The van der Waals surface area contributed by atoms with E-state index in [-0.39, 0.29) is 22.8 Å². The van der Waals surface area contributed by atoms with Crippen molar-refractivity contribution in [1.82, 2.24) is 0 Å². The highest BCUT2D eigenvalue weighted by Crippen LogP contribution is 2.31. The summed E-state index contributed by atoms with van der Waals surface area (Å²) in [7, 11) is 0. The van der Waals surface area contributed by atoms with Crippen LogP contribution in [0.25, 0.3) is 17.4 Å². The average molecular weight is 438 g/mol. The summed E-state index contributed by atoms with van der Waals surface area (Å²) in [5.41, 5.74) is 0.589. The Bertz CT molecular complexity index is 1110. The summed E-state index contributed by atoms with van der Waals surface area (Å²) in [4.78, 5) is 23.0. The van der Waals surface area contributed by atoms with E-state index in [9.17, 15) is 20.2 Å². The van der Waals surface area contributed by atoms with Gasteiger partial charge < -0.3 is 9.73 Å². The van der Waals surface area contributed by atoms with Crippen LogP contribution in [-0.2, 0) is 4.79 Å². The Labute approximate surface area is 168 Å². The van der Waals surface area contributed by atoms with Crippen LogP contribution >= 0.6 is 15.9 Å². The Kier molecular flexibility index (Phi) is 5.67. The Hall–Kier alpha value is -3.70. The Morgan fingerprint density at radius 1 is 1.14 bits per heavy atom. The zero-order valence-electron chi connectivity index (χ0n) is 14.3. The molecule has 0 aliphatic rings. The molecule has 28 heavy (non-hydrogen) atoms. The number of nitro groups is 1. The second-order valence-electron chi connectivity index (χ2n) is 5.61. The predicted octanol–water partition coefficient (Wildman–Crippen LogP) is 5.16. The van der Waals surface area contributed by atoms with E-state index in [4.69, 9.17) is 4.42 Å². The van der Waals surface area contributed by atoms with Gasteiger partial charge in [-0.15, -0.1) is 0 Å². The molecule has 2 aromatic carbocycles. The van der Waals surface area contributed by atoms with Crippen molar-refractivity contribution in [2.45, 2.75) is 0 Å². The molecule has 0 spiro atoms. The first-order valence-electron chi connectivity index (χ1n) is 8.00. The molecule has 0 saturated heterocycles. The summed E-state index contributed by atoms with van der Waals surface area (Å²) in [5, 5.41) is 23.1.